The highest BCUT2D eigenvalue weighted by atomic mass is 16.5. The van der Waals surface area contributed by atoms with E-state index in [0.717, 1.165) is 47.9 Å². The molecule has 4 rings (SSSR count). The number of rotatable bonds is 4. The molecule has 1 fully saturated rings. The zero-order chi connectivity index (χ0) is 18.8. The van der Waals surface area contributed by atoms with Crippen molar-refractivity contribution in [1.82, 2.24) is 5.32 Å². The van der Waals surface area contributed by atoms with Gasteiger partial charge in [-0.2, -0.15) is 0 Å². The van der Waals surface area contributed by atoms with Gasteiger partial charge in [0.2, 0.25) is 5.91 Å². The zero-order valence-electron chi connectivity index (χ0n) is 16.0. The van der Waals surface area contributed by atoms with E-state index in [0.29, 0.717) is 18.9 Å². The molecule has 0 bridgehead atoms. The van der Waals surface area contributed by atoms with E-state index < -0.39 is 0 Å². The van der Waals surface area contributed by atoms with Gasteiger partial charge in [0.15, 0.2) is 0 Å². The van der Waals surface area contributed by atoms with Crippen LogP contribution in [-0.2, 0) is 4.79 Å². The Balaban J connectivity index is 1.67. The van der Waals surface area contributed by atoms with Gasteiger partial charge in [-0.25, -0.2) is 0 Å². The predicted molar refractivity (Wildman–Crippen MR) is 109 cm³/mol. The van der Waals surface area contributed by atoms with Crippen LogP contribution in [0.15, 0.2) is 42.5 Å². The number of hydrogen-bond acceptors (Lipinski definition) is 4. The number of anilines is 2. The van der Waals surface area contributed by atoms with Crippen LogP contribution in [0.3, 0.4) is 0 Å². The van der Waals surface area contributed by atoms with Crippen molar-refractivity contribution in [3.63, 3.8) is 0 Å². The molecule has 2 aromatic rings. The summed E-state index contributed by atoms with van der Waals surface area (Å²) in [6.45, 7) is 7.70. The van der Waals surface area contributed by atoms with Crippen LogP contribution in [0.4, 0.5) is 11.4 Å². The first-order valence-electron chi connectivity index (χ1n) is 9.74. The SMILES string of the molecule is CC(C)COc1cccc(-c2ccc3c(c2)N2CCNCC2CC(=O)N3)c1. The lowest BCUT2D eigenvalue weighted by molar-refractivity contribution is -0.116. The number of nitrogens with one attached hydrogen (secondary N) is 2. The fourth-order valence-corrected chi connectivity index (χ4v) is 3.76. The van der Waals surface area contributed by atoms with Crippen molar-refractivity contribution >= 4 is 17.3 Å². The van der Waals surface area contributed by atoms with Gasteiger partial charge in [0, 0.05) is 26.1 Å². The van der Waals surface area contributed by atoms with Gasteiger partial charge in [0.1, 0.15) is 5.75 Å². The third-order valence-corrected chi connectivity index (χ3v) is 5.10. The summed E-state index contributed by atoms with van der Waals surface area (Å²) in [5.74, 6) is 1.48. The molecule has 142 valence electrons. The van der Waals surface area contributed by atoms with Crippen molar-refractivity contribution in [2.24, 2.45) is 5.92 Å². The molecule has 0 spiro atoms. The van der Waals surface area contributed by atoms with Crippen LogP contribution in [0, 0.1) is 5.92 Å². The highest BCUT2D eigenvalue weighted by molar-refractivity contribution is 5.97. The molecule has 2 heterocycles. The summed E-state index contributed by atoms with van der Waals surface area (Å²) in [4.78, 5) is 14.6. The number of carbonyl (C=O) groups is 1. The quantitative estimate of drug-likeness (QED) is 0.871. The first-order chi connectivity index (χ1) is 13.1. The second-order valence-electron chi connectivity index (χ2n) is 7.77. The van der Waals surface area contributed by atoms with Crippen LogP contribution >= 0.6 is 0 Å². The predicted octanol–water partition coefficient (Wildman–Crippen LogP) is 3.51. The summed E-state index contributed by atoms with van der Waals surface area (Å²) < 4.78 is 5.89. The summed E-state index contributed by atoms with van der Waals surface area (Å²) in [6.07, 6.45) is 0.523. The first kappa shape index (κ1) is 17.9. The van der Waals surface area contributed by atoms with E-state index in [1.54, 1.807) is 0 Å². The molecule has 0 aliphatic carbocycles. The Morgan fingerprint density at radius 3 is 2.89 bits per heavy atom. The summed E-state index contributed by atoms with van der Waals surface area (Å²) in [5, 5.41) is 6.47. The van der Waals surface area contributed by atoms with Crippen LogP contribution < -0.4 is 20.3 Å². The molecule has 2 aromatic carbocycles. The molecule has 1 saturated heterocycles. The number of amides is 1. The normalized spacial score (nSPS) is 19.1. The van der Waals surface area contributed by atoms with Gasteiger partial charge in [-0.15, -0.1) is 0 Å². The second kappa shape index (κ2) is 7.61. The number of hydrogen-bond donors (Lipinski definition) is 2. The van der Waals surface area contributed by atoms with Crippen LogP contribution in [0.25, 0.3) is 11.1 Å². The van der Waals surface area contributed by atoms with Crippen LogP contribution in [0.1, 0.15) is 20.3 Å². The smallest absolute Gasteiger partial charge is 0.226 e. The van der Waals surface area contributed by atoms with Crippen molar-refractivity contribution in [1.29, 1.82) is 0 Å². The highest BCUT2D eigenvalue weighted by Crippen LogP contribution is 2.36. The largest absolute Gasteiger partial charge is 0.493 e. The average Bonchev–Trinajstić information content (AvgIpc) is 2.81. The van der Waals surface area contributed by atoms with Gasteiger partial charge < -0.3 is 20.3 Å². The fourth-order valence-electron chi connectivity index (χ4n) is 3.76. The number of fused-ring (bicyclic) bond motifs is 3. The minimum atomic E-state index is 0.0873. The number of ether oxygens (including phenoxy) is 1. The van der Waals surface area contributed by atoms with Gasteiger partial charge in [-0.05, 0) is 41.3 Å². The highest BCUT2D eigenvalue weighted by Gasteiger charge is 2.30. The average molecular weight is 365 g/mol. The first-order valence-corrected chi connectivity index (χ1v) is 9.74. The lowest BCUT2D eigenvalue weighted by Crippen LogP contribution is -2.51. The van der Waals surface area contributed by atoms with Crippen LogP contribution in [0.5, 0.6) is 5.75 Å². The molecule has 27 heavy (non-hydrogen) atoms. The Morgan fingerprint density at radius 1 is 1.19 bits per heavy atom. The van der Waals surface area contributed by atoms with Gasteiger partial charge in [0.25, 0.3) is 0 Å². The summed E-state index contributed by atoms with van der Waals surface area (Å²) >= 11 is 0. The standard InChI is InChI=1S/C22H27N3O2/c1-15(2)14-27-19-5-3-4-16(10-19)17-6-7-20-21(11-17)25-9-8-23-13-18(25)12-22(26)24-20/h3-7,10-11,15,18,23H,8-9,12-14H2,1-2H3,(H,24,26). The van der Waals surface area contributed by atoms with Crippen molar-refractivity contribution in [2.45, 2.75) is 26.3 Å². The van der Waals surface area contributed by atoms with E-state index in [-0.39, 0.29) is 11.9 Å². The number of nitrogens with zero attached hydrogens (tertiary/aromatic N) is 1. The molecule has 1 amide bonds. The topological polar surface area (TPSA) is 53.6 Å². The molecule has 0 aromatic heterocycles. The van der Waals surface area contributed by atoms with E-state index in [9.17, 15) is 4.79 Å². The van der Waals surface area contributed by atoms with E-state index in [1.165, 1.54) is 0 Å². The Bertz CT molecular complexity index is 834. The molecule has 2 aliphatic heterocycles. The summed E-state index contributed by atoms with van der Waals surface area (Å²) in [7, 11) is 0. The maximum Gasteiger partial charge on any atom is 0.226 e. The monoisotopic (exact) mass is 365 g/mol. The van der Waals surface area contributed by atoms with Crippen molar-refractivity contribution < 1.29 is 9.53 Å². The second-order valence-corrected chi connectivity index (χ2v) is 7.77. The lowest BCUT2D eigenvalue weighted by Gasteiger charge is -2.36. The molecule has 2 aliphatic rings. The molecule has 1 unspecified atom stereocenters. The number of carbonyl (C=O) groups excluding carboxylic acids is 1. The van der Waals surface area contributed by atoms with Gasteiger partial charge in [0.05, 0.1) is 24.0 Å². The minimum absolute atomic E-state index is 0.0873. The maximum atomic E-state index is 12.2. The van der Waals surface area contributed by atoms with E-state index >= 15 is 0 Å². The molecule has 1 atom stereocenters. The van der Waals surface area contributed by atoms with Crippen LogP contribution in [-0.4, -0.2) is 38.2 Å². The summed E-state index contributed by atoms with van der Waals surface area (Å²) in [5.41, 5.74) is 4.28. The Hall–Kier alpha value is -2.53. The molecule has 5 heteroatoms. The van der Waals surface area contributed by atoms with E-state index in [4.69, 9.17) is 4.74 Å². The van der Waals surface area contributed by atoms with Gasteiger partial charge in [-0.3, -0.25) is 4.79 Å². The van der Waals surface area contributed by atoms with Crippen molar-refractivity contribution in [3.05, 3.63) is 42.5 Å². The number of piperazine rings is 1. The number of benzene rings is 2. The van der Waals surface area contributed by atoms with E-state index in [2.05, 4.69) is 53.6 Å². The molecule has 0 saturated carbocycles. The third kappa shape index (κ3) is 3.93. The molecule has 0 radical (unpaired) electrons. The Kier molecular flexibility index (Phi) is 5.03. The van der Waals surface area contributed by atoms with Gasteiger partial charge >= 0.3 is 0 Å². The minimum Gasteiger partial charge on any atom is -0.493 e. The molecular formula is C22H27N3O2. The van der Waals surface area contributed by atoms with Crippen LogP contribution in [0.2, 0.25) is 0 Å². The van der Waals surface area contributed by atoms with Crippen molar-refractivity contribution in [2.75, 3.05) is 36.5 Å². The van der Waals surface area contributed by atoms with Gasteiger partial charge in [-0.1, -0.05) is 32.0 Å². The molecule has 5 nitrogen and oxygen atoms in total. The molecular weight excluding hydrogens is 338 g/mol. The Labute approximate surface area is 160 Å². The van der Waals surface area contributed by atoms with Crippen molar-refractivity contribution in [3.8, 4) is 16.9 Å². The lowest BCUT2D eigenvalue weighted by atomic mass is 10.0. The molecule has 2 N–H and O–H groups in total. The zero-order valence-corrected chi connectivity index (χ0v) is 16.0. The van der Waals surface area contributed by atoms with E-state index in [1.807, 2.05) is 18.2 Å². The third-order valence-electron chi connectivity index (χ3n) is 5.10. The fraction of sp³-hybridized carbons (Fsp3) is 0.409. The Morgan fingerprint density at radius 2 is 2.04 bits per heavy atom. The summed E-state index contributed by atoms with van der Waals surface area (Å²) in [6, 6.07) is 14.7. The maximum absolute atomic E-state index is 12.2.